The van der Waals surface area contributed by atoms with Crippen molar-refractivity contribution in [3.05, 3.63) is 69.3 Å². The molecular formula is C22H21BFIO5. The van der Waals surface area contributed by atoms with Crippen LogP contribution in [0.3, 0.4) is 0 Å². The van der Waals surface area contributed by atoms with Crippen LogP contribution in [0.5, 0.6) is 17.2 Å². The van der Waals surface area contributed by atoms with E-state index in [1.807, 2.05) is 39.8 Å². The first-order valence-electron chi connectivity index (χ1n) is 9.47. The number of benzene rings is 2. The van der Waals surface area contributed by atoms with Crippen LogP contribution in [0.2, 0.25) is 0 Å². The molecule has 1 saturated heterocycles. The van der Waals surface area contributed by atoms with Crippen LogP contribution in [-0.4, -0.2) is 23.4 Å². The second kappa shape index (κ2) is 7.58. The number of rotatable bonds is 3. The van der Waals surface area contributed by atoms with Crippen LogP contribution in [0, 0.1) is 3.57 Å². The van der Waals surface area contributed by atoms with Crippen molar-refractivity contribution in [1.82, 2.24) is 0 Å². The van der Waals surface area contributed by atoms with Crippen LogP contribution >= 0.6 is 22.6 Å². The normalized spacial score (nSPS) is 20.9. The Morgan fingerprint density at radius 3 is 2.30 bits per heavy atom. The molecule has 0 aliphatic carbocycles. The van der Waals surface area contributed by atoms with Gasteiger partial charge in [0, 0.05) is 15.2 Å². The molecule has 8 heteroatoms. The molecule has 2 heterocycles. The zero-order valence-corrected chi connectivity index (χ0v) is 19.2. The minimum atomic E-state index is -1.20. The van der Waals surface area contributed by atoms with Crippen molar-refractivity contribution in [1.29, 1.82) is 0 Å². The summed E-state index contributed by atoms with van der Waals surface area (Å²) in [5.74, 6) is 1.04. The summed E-state index contributed by atoms with van der Waals surface area (Å²) in [7, 11) is -1.20. The van der Waals surface area contributed by atoms with Crippen molar-refractivity contribution in [3.63, 3.8) is 0 Å². The summed E-state index contributed by atoms with van der Waals surface area (Å²) in [6.45, 7) is 7.44. The first-order valence-corrected chi connectivity index (χ1v) is 10.5. The molecule has 2 aliphatic heterocycles. The van der Waals surface area contributed by atoms with Crippen LogP contribution in [0.15, 0.2) is 60.2 Å². The molecule has 30 heavy (non-hydrogen) atoms. The lowest BCUT2D eigenvalue weighted by molar-refractivity contribution is 0.00578. The Hall–Kier alpha value is -2.04. The van der Waals surface area contributed by atoms with Gasteiger partial charge in [0.25, 0.3) is 0 Å². The van der Waals surface area contributed by atoms with E-state index in [4.69, 9.17) is 18.8 Å². The van der Waals surface area contributed by atoms with Crippen molar-refractivity contribution in [2.75, 3.05) is 0 Å². The number of hydrogen-bond donors (Lipinski definition) is 1. The minimum Gasteiger partial charge on any atom is -0.508 e. The smallest absolute Gasteiger partial charge is 0.508 e. The molecule has 2 aromatic carbocycles. The molecule has 0 saturated carbocycles. The first kappa shape index (κ1) is 21.2. The Labute approximate surface area is 188 Å². The molecule has 1 N–H and O–H groups in total. The molecular weight excluding hydrogens is 501 g/mol. The van der Waals surface area contributed by atoms with Gasteiger partial charge in [-0.25, -0.2) is 4.39 Å². The fourth-order valence-corrected chi connectivity index (χ4v) is 3.50. The lowest BCUT2D eigenvalue weighted by Gasteiger charge is -2.32. The summed E-state index contributed by atoms with van der Waals surface area (Å²) >= 11 is 2.20. The van der Waals surface area contributed by atoms with Crippen molar-refractivity contribution in [3.8, 4) is 17.2 Å². The highest BCUT2D eigenvalue weighted by molar-refractivity contribution is 14.1. The maximum atomic E-state index is 15.9. The van der Waals surface area contributed by atoms with Gasteiger partial charge in [0.15, 0.2) is 5.76 Å². The Morgan fingerprint density at radius 2 is 1.67 bits per heavy atom. The molecule has 4 rings (SSSR count). The highest BCUT2D eigenvalue weighted by Gasteiger charge is 2.54. The van der Waals surface area contributed by atoms with E-state index in [2.05, 4.69) is 22.6 Å². The van der Waals surface area contributed by atoms with Crippen molar-refractivity contribution in [2.45, 2.75) is 38.9 Å². The average Bonchev–Trinajstić information content (AvgIpc) is 2.90. The molecule has 0 aromatic heterocycles. The average molecular weight is 522 g/mol. The second-order valence-corrected chi connectivity index (χ2v) is 9.39. The number of hydrogen-bond acceptors (Lipinski definition) is 5. The van der Waals surface area contributed by atoms with Crippen molar-refractivity contribution >= 4 is 35.3 Å². The van der Waals surface area contributed by atoms with Gasteiger partial charge >= 0.3 is 7.12 Å². The van der Waals surface area contributed by atoms with Crippen LogP contribution in [-0.2, 0) is 9.31 Å². The highest BCUT2D eigenvalue weighted by atomic mass is 127. The van der Waals surface area contributed by atoms with Crippen molar-refractivity contribution < 1.29 is 28.3 Å². The van der Waals surface area contributed by atoms with Gasteiger partial charge in [-0.15, -0.1) is 0 Å². The quantitative estimate of drug-likeness (QED) is 0.419. The largest absolute Gasteiger partial charge is 0.526 e. The summed E-state index contributed by atoms with van der Waals surface area (Å²) in [4.78, 5) is 0. The third-order valence-electron chi connectivity index (χ3n) is 5.51. The second-order valence-electron chi connectivity index (χ2n) is 8.15. The van der Waals surface area contributed by atoms with E-state index in [1.54, 1.807) is 18.2 Å². The zero-order valence-electron chi connectivity index (χ0n) is 17.0. The van der Waals surface area contributed by atoms with E-state index in [-0.39, 0.29) is 17.1 Å². The van der Waals surface area contributed by atoms with Gasteiger partial charge in [-0.3, -0.25) is 0 Å². The van der Waals surface area contributed by atoms with E-state index >= 15 is 4.39 Å². The SMILES string of the molecule is CC1(C)OB(C(F)=C2C(Oc3ccc(I)cc3)=COc3cc(O)ccc32)OC1(C)C. The number of allylic oxidation sites excluding steroid dienone is 1. The molecule has 5 nitrogen and oxygen atoms in total. The van der Waals surface area contributed by atoms with Crippen molar-refractivity contribution in [2.24, 2.45) is 0 Å². The van der Waals surface area contributed by atoms with Crippen LogP contribution in [0.25, 0.3) is 5.57 Å². The van der Waals surface area contributed by atoms with Crippen LogP contribution in [0.4, 0.5) is 4.39 Å². The van der Waals surface area contributed by atoms with Gasteiger partial charge in [-0.1, -0.05) is 0 Å². The van der Waals surface area contributed by atoms with E-state index < -0.39 is 24.0 Å². The lowest BCUT2D eigenvalue weighted by Crippen LogP contribution is -2.41. The molecule has 0 bridgehead atoms. The minimum absolute atomic E-state index is 0.0135. The fourth-order valence-electron chi connectivity index (χ4n) is 3.14. The number of phenolic OH excluding ortho intramolecular Hbond substituents is 1. The van der Waals surface area contributed by atoms with Crippen LogP contribution < -0.4 is 9.47 Å². The van der Waals surface area contributed by atoms with Gasteiger partial charge in [-0.2, -0.15) is 0 Å². The molecule has 156 valence electrons. The van der Waals surface area contributed by atoms with Gasteiger partial charge in [0.2, 0.25) is 0 Å². The number of fused-ring (bicyclic) bond motifs is 1. The summed E-state index contributed by atoms with van der Waals surface area (Å²) < 4.78 is 40.3. The Bertz CT molecular complexity index is 1030. The van der Waals surface area contributed by atoms with E-state index in [0.29, 0.717) is 17.1 Å². The maximum Gasteiger partial charge on any atom is 0.526 e. The summed E-state index contributed by atoms with van der Waals surface area (Å²) in [6.07, 6.45) is 1.32. The Kier molecular flexibility index (Phi) is 5.36. The number of aromatic hydroxyl groups is 1. The van der Waals surface area contributed by atoms with Crippen LogP contribution in [0.1, 0.15) is 33.3 Å². The molecule has 0 spiro atoms. The molecule has 0 unspecified atom stereocenters. The van der Waals surface area contributed by atoms with Gasteiger partial charge in [0.05, 0.1) is 16.8 Å². The maximum absolute atomic E-state index is 15.9. The molecule has 0 radical (unpaired) electrons. The molecule has 2 aliphatic rings. The molecule has 0 atom stereocenters. The van der Waals surface area contributed by atoms with E-state index in [9.17, 15) is 5.11 Å². The summed E-state index contributed by atoms with van der Waals surface area (Å²) in [5, 5.41) is 9.80. The van der Waals surface area contributed by atoms with Gasteiger partial charge < -0.3 is 23.9 Å². The highest BCUT2D eigenvalue weighted by Crippen LogP contribution is 2.45. The predicted octanol–water partition coefficient (Wildman–Crippen LogP) is 5.62. The monoisotopic (exact) mass is 522 g/mol. The van der Waals surface area contributed by atoms with E-state index in [0.717, 1.165) is 3.57 Å². The van der Waals surface area contributed by atoms with Gasteiger partial charge in [0.1, 0.15) is 29.2 Å². The number of ether oxygens (including phenoxy) is 2. The van der Waals surface area contributed by atoms with Gasteiger partial charge in [-0.05, 0) is 86.7 Å². The predicted molar refractivity (Wildman–Crippen MR) is 121 cm³/mol. The first-order chi connectivity index (χ1) is 14.1. The standard InChI is InChI=1S/C22H21BFIO5/c1-21(2)22(3,4)30-23(29-21)20(24)19-16-10-7-14(26)11-17(16)27-12-18(19)28-15-8-5-13(25)6-9-15/h5-12,26H,1-4H3. The Morgan fingerprint density at radius 1 is 1.03 bits per heavy atom. The molecule has 2 aromatic rings. The summed E-state index contributed by atoms with van der Waals surface area (Å²) in [6, 6.07) is 11.8. The number of halogens is 2. The van der Waals surface area contributed by atoms with E-state index in [1.165, 1.54) is 18.4 Å². The third kappa shape index (κ3) is 3.83. The lowest BCUT2D eigenvalue weighted by atomic mass is 9.81. The Balaban J connectivity index is 1.78. The zero-order chi connectivity index (χ0) is 21.7. The third-order valence-corrected chi connectivity index (χ3v) is 6.23. The number of phenols is 1. The summed E-state index contributed by atoms with van der Waals surface area (Å²) in [5.41, 5.74) is -1.42. The topological polar surface area (TPSA) is 57.2 Å². The molecule has 1 fully saturated rings. The fraction of sp³-hybridized carbons (Fsp3) is 0.273. The molecule has 0 amide bonds.